The van der Waals surface area contributed by atoms with Gasteiger partial charge in [0.2, 0.25) is 0 Å². The number of aromatic nitrogens is 3. The van der Waals surface area contributed by atoms with E-state index in [9.17, 15) is 0 Å². The average molecular weight is 205 g/mol. The van der Waals surface area contributed by atoms with Crippen LogP contribution in [0.1, 0.15) is 20.3 Å². The van der Waals surface area contributed by atoms with Gasteiger partial charge < -0.3 is 9.14 Å². The Morgan fingerprint density at radius 3 is 2.73 bits per heavy atom. The highest BCUT2D eigenvalue weighted by Gasteiger charge is 2.04. The van der Waals surface area contributed by atoms with Crippen LogP contribution in [-0.4, -0.2) is 21.0 Å². The maximum Gasteiger partial charge on any atom is 0.258 e. The van der Waals surface area contributed by atoms with Crippen molar-refractivity contribution in [1.29, 1.82) is 0 Å². The van der Waals surface area contributed by atoms with Crippen LogP contribution in [0.5, 0.6) is 5.88 Å². The van der Waals surface area contributed by atoms with E-state index >= 15 is 0 Å². The van der Waals surface area contributed by atoms with E-state index in [2.05, 4.69) is 23.8 Å². The topological polar surface area (TPSA) is 39.4 Å². The lowest BCUT2D eigenvalue weighted by Crippen LogP contribution is -2.04. The number of nitrogens with zero attached hydrogens (tertiary/aromatic N) is 3. The Labute approximate surface area is 88.9 Å². The summed E-state index contributed by atoms with van der Waals surface area (Å²) in [6, 6.07) is 0. The molecule has 0 amide bonds. The highest BCUT2D eigenvalue weighted by molar-refractivity contribution is 5.48. The summed E-state index contributed by atoms with van der Waals surface area (Å²) in [6.45, 7) is 5.04. The van der Waals surface area contributed by atoms with Crippen molar-refractivity contribution in [3.8, 4) is 5.88 Å². The third-order valence-corrected chi connectivity index (χ3v) is 2.21. The Morgan fingerprint density at radius 2 is 2.00 bits per heavy atom. The van der Waals surface area contributed by atoms with Gasteiger partial charge in [-0.05, 0) is 12.3 Å². The quantitative estimate of drug-likeness (QED) is 0.767. The molecule has 0 aliphatic rings. The monoisotopic (exact) mass is 205 g/mol. The molecule has 0 saturated heterocycles. The van der Waals surface area contributed by atoms with Crippen molar-refractivity contribution in [2.45, 2.75) is 20.3 Å². The second-order valence-corrected chi connectivity index (χ2v) is 3.92. The average Bonchev–Trinajstić information content (AvgIpc) is 2.65. The first-order valence-corrected chi connectivity index (χ1v) is 5.18. The summed E-state index contributed by atoms with van der Waals surface area (Å²) in [6.07, 6.45) is 8.24. The molecule has 0 saturated carbocycles. The zero-order valence-electron chi connectivity index (χ0n) is 9.05. The number of rotatable bonds is 4. The third kappa shape index (κ3) is 2.26. The van der Waals surface area contributed by atoms with Crippen LogP contribution in [0.2, 0.25) is 0 Å². The van der Waals surface area contributed by atoms with Crippen LogP contribution in [0, 0.1) is 5.92 Å². The van der Waals surface area contributed by atoms with Gasteiger partial charge in [0.15, 0.2) is 5.65 Å². The molecule has 0 spiro atoms. The molecule has 0 bridgehead atoms. The van der Waals surface area contributed by atoms with Crippen molar-refractivity contribution < 1.29 is 4.74 Å². The van der Waals surface area contributed by atoms with Crippen molar-refractivity contribution in [1.82, 2.24) is 14.4 Å². The van der Waals surface area contributed by atoms with Gasteiger partial charge in [-0.15, -0.1) is 0 Å². The molecule has 0 aliphatic heterocycles. The summed E-state index contributed by atoms with van der Waals surface area (Å²) < 4.78 is 7.49. The molecule has 4 nitrogen and oxygen atoms in total. The van der Waals surface area contributed by atoms with Crippen LogP contribution in [0.4, 0.5) is 0 Å². The summed E-state index contributed by atoms with van der Waals surface area (Å²) in [4.78, 5) is 8.36. The van der Waals surface area contributed by atoms with Gasteiger partial charge in [-0.1, -0.05) is 13.8 Å². The van der Waals surface area contributed by atoms with E-state index < -0.39 is 0 Å². The Morgan fingerprint density at radius 1 is 1.27 bits per heavy atom. The molecule has 2 aromatic heterocycles. The lowest BCUT2D eigenvalue weighted by atomic mass is 10.1. The van der Waals surface area contributed by atoms with Crippen LogP contribution in [-0.2, 0) is 0 Å². The van der Waals surface area contributed by atoms with Gasteiger partial charge in [0.25, 0.3) is 5.88 Å². The van der Waals surface area contributed by atoms with Crippen LogP contribution in [0.25, 0.3) is 5.65 Å². The normalized spacial score (nSPS) is 11.1. The van der Waals surface area contributed by atoms with E-state index in [1.54, 1.807) is 12.4 Å². The molecule has 2 heterocycles. The molecule has 15 heavy (non-hydrogen) atoms. The van der Waals surface area contributed by atoms with Gasteiger partial charge in [0.1, 0.15) is 0 Å². The van der Waals surface area contributed by atoms with Gasteiger partial charge in [-0.3, -0.25) is 0 Å². The summed E-state index contributed by atoms with van der Waals surface area (Å²) in [5.74, 6) is 1.26. The first kappa shape index (κ1) is 9.96. The molecule has 0 radical (unpaired) electrons. The zero-order chi connectivity index (χ0) is 10.7. The molecular weight excluding hydrogens is 190 g/mol. The van der Waals surface area contributed by atoms with Crippen LogP contribution in [0.3, 0.4) is 0 Å². The van der Waals surface area contributed by atoms with E-state index in [0.717, 1.165) is 12.1 Å². The number of ether oxygens (including phenoxy) is 1. The van der Waals surface area contributed by atoms with Crippen molar-refractivity contribution >= 4 is 5.65 Å². The fourth-order valence-corrected chi connectivity index (χ4v) is 1.32. The van der Waals surface area contributed by atoms with Crippen molar-refractivity contribution in [3.05, 3.63) is 24.8 Å². The standard InChI is InChI=1S/C11H15N3O/c1-9(2)3-8-15-11-10-12-4-6-14(10)7-5-13-11/h4-7,9H,3,8H2,1-2H3. The second-order valence-electron chi connectivity index (χ2n) is 3.92. The summed E-state index contributed by atoms with van der Waals surface area (Å²) in [5, 5.41) is 0. The molecule has 0 atom stereocenters. The number of fused-ring (bicyclic) bond motifs is 1. The number of hydrogen-bond donors (Lipinski definition) is 0. The Hall–Kier alpha value is -1.58. The highest BCUT2D eigenvalue weighted by Crippen LogP contribution is 2.14. The van der Waals surface area contributed by atoms with Gasteiger partial charge in [0.05, 0.1) is 6.61 Å². The first-order valence-electron chi connectivity index (χ1n) is 5.18. The van der Waals surface area contributed by atoms with E-state index in [0.29, 0.717) is 18.4 Å². The van der Waals surface area contributed by atoms with Crippen LogP contribution >= 0.6 is 0 Å². The third-order valence-electron chi connectivity index (χ3n) is 2.21. The van der Waals surface area contributed by atoms with E-state index in [1.807, 2.05) is 16.8 Å². The lowest BCUT2D eigenvalue weighted by molar-refractivity contribution is 0.281. The minimum Gasteiger partial charge on any atom is -0.475 e. The van der Waals surface area contributed by atoms with Crippen LogP contribution in [0.15, 0.2) is 24.8 Å². The molecule has 4 heteroatoms. The predicted octanol–water partition coefficient (Wildman–Crippen LogP) is 2.15. The van der Waals surface area contributed by atoms with Crippen molar-refractivity contribution in [3.63, 3.8) is 0 Å². The predicted molar refractivity (Wildman–Crippen MR) is 57.9 cm³/mol. The van der Waals surface area contributed by atoms with E-state index in [1.165, 1.54) is 0 Å². The van der Waals surface area contributed by atoms with Gasteiger partial charge >= 0.3 is 0 Å². The minimum atomic E-state index is 0.614. The SMILES string of the molecule is CC(C)CCOc1nccn2ccnc12. The molecular formula is C11H15N3O. The fourth-order valence-electron chi connectivity index (χ4n) is 1.32. The Kier molecular flexibility index (Phi) is 2.85. The smallest absolute Gasteiger partial charge is 0.258 e. The zero-order valence-corrected chi connectivity index (χ0v) is 9.05. The second kappa shape index (κ2) is 4.29. The van der Waals surface area contributed by atoms with E-state index in [4.69, 9.17) is 4.74 Å². The lowest BCUT2D eigenvalue weighted by Gasteiger charge is -2.07. The maximum atomic E-state index is 5.59. The molecule has 80 valence electrons. The van der Waals surface area contributed by atoms with Gasteiger partial charge in [-0.2, -0.15) is 0 Å². The molecule has 0 aliphatic carbocycles. The van der Waals surface area contributed by atoms with Crippen LogP contribution < -0.4 is 4.74 Å². The first-order chi connectivity index (χ1) is 7.27. The summed E-state index contributed by atoms with van der Waals surface area (Å²) in [5.41, 5.74) is 0.779. The number of imidazole rings is 1. The van der Waals surface area contributed by atoms with Gasteiger partial charge in [-0.25, -0.2) is 9.97 Å². The van der Waals surface area contributed by atoms with E-state index in [-0.39, 0.29) is 0 Å². The Bertz CT molecular complexity index is 436. The minimum absolute atomic E-state index is 0.614. The summed E-state index contributed by atoms with van der Waals surface area (Å²) >= 11 is 0. The van der Waals surface area contributed by atoms with Crippen molar-refractivity contribution in [2.24, 2.45) is 5.92 Å². The molecule has 2 rings (SSSR count). The fraction of sp³-hybridized carbons (Fsp3) is 0.455. The molecule has 0 N–H and O–H groups in total. The molecule has 2 aromatic rings. The molecule has 0 aromatic carbocycles. The summed E-state index contributed by atoms with van der Waals surface area (Å²) in [7, 11) is 0. The highest BCUT2D eigenvalue weighted by atomic mass is 16.5. The maximum absolute atomic E-state index is 5.59. The molecule has 0 fully saturated rings. The largest absolute Gasteiger partial charge is 0.475 e. The van der Waals surface area contributed by atoms with Crippen molar-refractivity contribution in [2.75, 3.05) is 6.61 Å². The number of hydrogen-bond acceptors (Lipinski definition) is 3. The van der Waals surface area contributed by atoms with Gasteiger partial charge in [0, 0.05) is 24.8 Å². The Balaban J connectivity index is 2.10. The molecule has 0 unspecified atom stereocenters.